The van der Waals surface area contributed by atoms with E-state index >= 15 is 0 Å². The van der Waals surface area contributed by atoms with Gasteiger partial charge in [0.15, 0.2) is 18.7 Å². The lowest BCUT2D eigenvalue weighted by Gasteiger charge is -2.34. The first-order valence-corrected chi connectivity index (χ1v) is 52.2. The van der Waals surface area contributed by atoms with E-state index < -0.39 is 138 Å². The maximum absolute atomic E-state index is 12.1. The highest BCUT2D eigenvalue weighted by Gasteiger charge is 2.51. The molecule has 0 unspecified atom stereocenters. The van der Waals surface area contributed by atoms with Gasteiger partial charge in [0.1, 0.15) is 72.4 Å². The Morgan fingerprint density at radius 3 is 1.21 bits per heavy atom. The largest absolute Gasteiger partial charge is 0.391 e. The van der Waals surface area contributed by atoms with E-state index in [1.165, 1.54) is 48.6 Å². The fraction of sp³-hybridized carbons (Fsp3) is 0.603. The highest BCUT2D eigenvalue weighted by atomic mass is 127. The molecule has 0 saturated carbocycles. The normalized spacial score (nSPS) is 32.0. The lowest BCUT2D eigenvalue weighted by molar-refractivity contribution is -0.120. The monoisotopic (exact) mass is 1740 g/mol. The minimum absolute atomic E-state index is 0.0577. The van der Waals surface area contributed by atoms with Crippen molar-refractivity contribution in [2.24, 2.45) is 13.0 Å². The zero-order chi connectivity index (χ0) is 82.1. The first kappa shape index (κ1) is 93.2. The summed E-state index contributed by atoms with van der Waals surface area (Å²) in [5.74, 6) is 0.492. The van der Waals surface area contributed by atoms with Crippen molar-refractivity contribution in [3.05, 3.63) is 131 Å². The zero-order valence-electron chi connectivity index (χ0n) is 65.2. The van der Waals surface area contributed by atoms with Crippen LogP contribution >= 0.6 is 57.0 Å². The average molecular weight is 1740 g/mol. The Kier molecular flexibility index (Phi) is 33.5. The number of amides is 4. The predicted octanol–water partition coefficient (Wildman–Crippen LogP) is 1.80. The van der Waals surface area contributed by atoms with E-state index in [1.54, 1.807) is 40.4 Å². The Balaban J connectivity index is 0.000000213. The third kappa shape index (κ3) is 26.2. The smallest absolute Gasteiger partial charge is 0.332 e. The number of halogens is 1. The van der Waals surface area contributed by atoms with Crippen molar-refractivity contribution < 1.29 is 88.5 Å². The summed E-state index contributed by atoms with van der Waals surface area (Å²) in [6.07, 6.45) is 29.3. The summed E-state index contributed by atoms with van der Waals surface area (Å²) in [5.41, 5.74) is -0.889. The zero-order valence-corrected chi connectivity index (χ0v) is 71.8. The molecule has 0 aliphatic carbocycles. The van der Waals surface area contributed by atoms with E-state index in [2.05, 4.69) is 168 Å². The van der Waals surface area contributed by atoms with Crippen LogP contribution in [-0.4, -0.2) is 344 Å². The highest BCUT2D eigenvalue weighted by molar-refractivity contribution is 14.1. The summed E-state index contributed by atoms with van der Waals surface area (Å²) in [6, 6.07) is 1.22. The number of rotatable bonds is 22. The van der Waals surface area contributed by atoms with Crippen LogP contribution in [0.1, 0.15) is 45.3 Å². The third-order valence-corrected chi connectivity index (χ3v) is 27.8. The Hall–Kier alpha value is -4.65. The molecule has 0 aromatic carbocycles. The predicted molar refractivity (Wildman–Crippen MR) is 450 cm³/mol. The Morgan fingerprint density at radius 2 is 0.807 bits per heavy atom. The molecule has 5 fully saturated rings. The van der Waals surface area contributed by atoms with E-state index in [1.807, 2.05) is 6.92 Å². The third-order valence-electron chi connectivity index (χ3n) is 19.1. The van der Waals surface area contributed by atoms with Gasteiger partial charge in [-0.05, 0) is 130 Å². The average Bonchev–Trinajstić information content (AvgIpc) is 1.70. The number of carbonyl (C=O) groups excluding carboxylic acids is 4. The van der Waals surface area contributed by atoms with Gasteiger partial charge < -0.3 is 110 Å². The van der Waals surface area contributed by atoms with Gasteiger partial charge >= 0.3 is 5.69 Å². The molecular weight excluding hydrogens is 1620 g/mol. The fourth-order valence-electron chi connectivity index (χ4n) is 12.7. The number of ether oxygens (including phenoxy) is 6. The Labute approximate surface area is 655 Å². The second-order valence-electron chi connectivity index (χ2n) is 32.0. The van der Waals surface area contributed by atoms with Crippen LogP contribution in [0, 0.1) is 5.92 Å². The van der Waals surface area contributed by atoms with Crippen molar-refractivity contribution in [1.29, 1.82) is 0 Å². The summed E-state index contributed by atoms with van der Waals surface area (Å²) in [6.45, 7) is 32.2. The van der Waals surface area contributed by atoms with E-state index in [0.717, 1.165) is 59.2 Å². The molecule has 10 rings (SSSR count). The topological polar surface area (TPSA) is 391 Å². The molecule has 9 aliphatic rings. The van der Waals surface area contributed by atoms with Gasteiger partial charge in [0.25, 0.3) is 29.2 Å². The molecule has 20 atom stereocenters. The van der Waals surface area contributed by atoms with Crippen molar-refractivity contribution in [2.75, 3.05) is 111 Å². The number of methoxy groups -OCH3 is 1. The molecule has 0 bridgehead atoms. The van der Waals surface area contributed by atoms with Crippen molar-refractivity contribution in [3.8, 4) is 0 Å². The second kappa shape index (κ2) is 39.1. The standard InChI is InChI=1S/C15H25N2O5P.C15H25N2O4P.C15H25N2O3P.C14H22IN2O3P.C14H23N2O5P/c1-9-16-14(21)10(8-18)7-17(9)15-13(20)12(19)11(22-15)5-6-23(2,3)4;1-10-16-12(18)6-8-17(10)15-14(20-2)13(19)11(21-15)7-9-22(3,4)5;1-10-14(19)12(7-9-21(3,4)5)20-15(10)17-8-6-13(18)16-11(17)2;1-9-16-11(18)5-7-17(9)14-12(15)13(19)10(20-14)6-8-21(2,3)4;1-15-10(17)5-7-16(14(15)20)13-12(19)11(18)9(21-13)6-8-22(2,3)4/h7,11-13,15,18-20H,1-2,5-6,8H2,3-4H3,(H,16,21);6,8,11,13-15,19H,1,3,7,9H2,2,4-5H3,(H,16,18);6,8,10,12,14-15,19H,2-3,7,9H2,1,4-5H3,(H,16,18);5,7,10,12-14,19H,1-2,6,8H2,3-4H3,(H,16,18);5,7,9,11-13,18-19H,2,6,8H2,1,3-4H3/t11-,12-,13-,15-;11-,13-,14-,15-;10-,12-,14+,15-;10-,12-,13-,14-;9-,11-,12-,13-/m11111/s1. The molecule has 4 amide bonds. The quantitative estimate of drug-likeness (QED) is 0.0447. The number of nitrogens with one attached hydrogen (secondary N) is 4. The SMILES string of the molecule is C=C1NC(=O)C(CO)=CN1[C@@H]1O[C@H](CCP(=C)(C)C)[C@@H](O)[C@H]1O.C=C1NC(=O)C=CN1[C@@H]1O[C@H](CCP(=C)(C)C)[C@@H](O)[C@H]1C.C=C1NC(=O)C=CN1[C@@H]1O[C@H](CCP(=C)(C)C)[C@@H](O)[C@H]1I.C=C1NC(=O)C=CN1[C@@H]1O[C@H](CCP(=C)(C)C)[C@@H](O)[C@H]1OC.C=P(C)(C)CC[C@H]1O[C@@H](n2ccc(=O)n(C)c2=O)[C@H](O)[C@@H]1O. The number of alkyl halides is 1. The van der Waals surface area contributed by atoms with Crippen molar-refractivity contribution in [1.82, 2.24) is 50.0 Å². The Bertz CT molecular complexity index is 3900. The van der Waals surface area contributed by atoms with E-state index in [4.69, 9.17) is 28.4 Å². The first-order valence-electron chi connectivity index (χ1n) is 35.7. The highest BCUT2D eigenvalue weighted by Crippen LogP contribution is 2.45. The number of aromatic nitrogens is 2. The summed E-state index contributed by atoms with van der Waals surface area (Å²) in [7, 11) is 2.89. The summed E-state index contributed by atoms with van der Waals surface area (Å²) in [5, 5.41) is 91.7. The molecule has 1 aromatic heterocycles. The molecule has 1 aromatic rings. The summed E-state index contributed by atoms with van der Waals surface area (Å²) >= 11 is 2.20. The molecule has 614 valence electrons. The number of aliphatic hydroxyl groups excluding tert-OH is 8. The molecule has 109 heavy (non-hydrogen) atoms. The van der Waals surface area contributed by atoms with Gasteiger partial charge in [0.05, 0.1) is 58.8 Å². The van der Waals surface area contributed by atoms with Gasteiger partial charge in [-0.3, -0.25) is 33.1 Å². The van der Waals surface area contributed by atoms with Gasteiger partial charge in [-0.15, -0.1) is 65.9 Å². The maximum Gasteiger partial charge on any atom is 0.332 e. The molecule has 9 aliphatic heterocycles. The molecule has 36 heteroatoms. The fourth-order valence-corrected chi connectivity index (χ4v) is 18.5. The van der Waals surface area contributed by atoms with E-state index in [0.29, 0.717) is 30.3 Å². The maximum atomic E-state index is 12.1. The first-order chi connectivity index (χ1) is 50.4. The van der Waals surface area contributed by atoms with Crippen LogP contribution in [0.5, 0.6) is 0 Å². The van der Waals surface area contributed by atoms with Crippen molar-refractivity contribution >= 4 is 112 Å². The van der Waals surface area contributed by atoms with Crippen LogP contribution in [0.3, 0.4) is 0 Å². The molecule has 0 spiro atoms. The van der Waals surface area contributed by atoms with Gasteiger partial charge in [0, 0.05) is 75.4 Å². The van der Waals surface area contributed by atoms with E-state index in [-0.39, 0.29) is 69.7 Å². The number of hydrogen-bond acceptors (Lipinski definition) is 24. The number of aliphatic hydroxyl groups is 8. The van der Waals surface area contributed by atoms with Crippen LogP contribution in [0.4, 0.5) is 0 Å². The lowest BCUT2D eigenvalue weighted by atomic mass is 10.00. The van der Waals surface area contributed by atoms with Gasteiger partial charge in [0.2, 0.25) is 0 Å². The summed E-state index contributed by atoms with van der Waals surface area (Å²) < 4.78 is 36.9. The minimum Gasteiger partial charge on any atom is -0.391 e. The minimum atomic E-state index is -1.27. The van der Waals surface area contributed by atoms with Gasteiger partial charge in [-0.2, -0.15) is 0 Å². The molecule has 5 saturated heterocycles. The van der Waals surface area contributed by atoms with Crippen molar-refractivity contribution in [3.63, 3.8) is 0 Å². The van der Waals surface area contributed by atoms with Crippen molar-refractivity contribution in [2.45, 2.75) is 153 Å². The number of hydrogen-bond donors (Lipinski definition) is 12. The van der Waals surface area contributed by atoms with Crippen LogP contribution in [0.25, 0.3) is 0 Å². The van der Waals surface area contributed by atoms with Gasteiger partial charge in [-0.1, -0.05) is 55.8 Å². The van der Waals surface area contributed by atoms with Gasteiger partial charge in [-0.25, -0.2) is 4.79 Å². The van der Waals surface area contributed by atoms with Crippen LogP contribution < -0.4 is 32.5 Å². The molecule has 10 heterocycles. The molecule has 12 N–H and O–H groups in total. The number of carbonyl (C=O) groups is 4. The van der Waals surface area contributed by atoms with E-state index in [9.17, 15) is 69.6 Å². The second-order valence-corrected chi connectivity index (χ2v) is 55.0. The summed E-state index contributed by atoms with van der Waals surface area (Å²) in [4.78, 5) is 75.7. The van der Waals surface area contributed by atoms with Crippen LogP contribution in [0.15, 0.2) is 120 Å². The lowest BCUT2D eigenvalue weighted by Crippen LogP contribution is -2.48. The molecular formula is C73H120IN10O20P5. The molecule has 0 radical (unpaired) electrons. The number of nitrogens with zero attached hydrogens (tertiary/aromatic N) is 6. The van der Waals surface area contributed by atoms with Crippen LogP contribution in [-0.2, 0) is 54.6 Å². The Morgan fingerprint density at radius 1 is 0.468 bits per heavy atom. The molecule has 30 nitrogen and oxygen atoms in total. The van der Waals surface area contributed by atoms with Crippen LogP contribution in [0.2, 0.25) is 0 Å².